The number of hydrogen-bond donors (Lipinski definition) is 2. The minimum Gasteiger partial charge on any atom is -0.390 e. The van der Waals surface area contributed by atoms with E-state index in [1.807, 2.05) is 11.0 Å². The first-order valence-corrected chi connectivity index (χ1v) is 12.5. The van der Waals surface area contributed by atoms with Gasteiger partial charge in [0.25, 0.3) is 0 Å². The van der Waals surface area contributed by atoms with E-state index >= 15 is 0 Å². The molecular weight excluding hydrogens is 405 g/mol. The normalized spacial score (nSPS) is 13.4. The topological polar surface area (TPSA) is 43.7 Å². The number of aliphatic hydroxyl groups is 2. The van der Waals surface area contributed by atoms with E-state index in [-0.39, 0.29) is 11.8 Å². The molecule has 0 heterocycles. The smallest absolute Gasteiger partial charge is 0.0850 e. The summed E-state index contributed by atoms with van der Waals surface area (Å²) in [6, 6.07) is 8.28. The first-order chi connectivity index (χ1) is 14.1. The number of alkyl halides is 2. The van der Waals surface area contributed by atoms with Crippen molar-refractivity contribution in [2.24, 2.45) is 0 Å². The van der Waals surface area contributed by atoms with Gasteiger partial charge in [0, 0.05) is 18.8 Å². The molecule has 0 aliphatic heterocycles. The third-order valence-corrected chi connectivity index (χ3v) is 6.06. The minimum absolute atomic E-state index is 0.175. The number of halogens is 2. The van der Waals surface area contributed by atoms with E-state index in [0.29, 0.717) is 13.1 Å². The van der Waals surface area contributed by atoms with Crippen LogP contribution in [0.25, 0.3) is 0 Å². The van der Waals surface area contributed by atoms with Crippen molar-refractivity contribution in [3.05, 3.63) is 29.8 Å². The molecule has 2 N–H and O–H groups in total. The van der Waals surface area contributed by atoms with Gasteiger partial charge in [-0.3, -0.25) is 0 Å². The van der Waals surface area contributed by atoms with Crippen LogP contribution in [0.15, 0.2) is 24.3 Å². The predicted molar refractivity (Wildman–Crippen MR) is 128 cm³/mol. The molecule has 5 heteroatoms. The summed E-state index contributed by atoms with van der Waals surface area (Å²) in [7, 11) is 0. The number of aryl methyl sites for hydroxylation is 1. The van der Waals surface area contributed by atoms with E-state index in [9.17, 15) is 10.2 Å². The lowest BCUT2D eigenvalue weighted by molar-refractivity contribution is 0.181. The fourth-order valence-corrected chi connectivity index (χ4v) is 3.91. The van der Waals surface area contributed by atoms with Crippen LogP contribution in [0, 0.1) is 0 Å². The molecule has 168 valence electrons. The van der Waals surface area contributed by atoms with Crippen LogP contribution in [-0.2, 0) is 6.42 Å². The summed E-state index contributed by atoms with van der Waals surface area (Å²) in [5.41, 5.74) is 2.33. The van der Waals surface area contributed by atoms with Crippen molar-refractivity contribution in [1.29, 1.82) is 0 Å². The summed E-state index contributed by atoms with van der Waals surface area (Å²) >= 11 is 11.6. The van der Waals surface area contributed by atoms with Gasteiger partial charge in [-0.1, -0.05) is 82.9 Å². The van der Waals surface area contributed by atoms with Gasteiger partial charge >= 0.3 is 0 Å². The van der Waals surface area contributed by atoms with Crippen LogP contribution in [0.4, 0.5) is 5.69 Å². The van der Waals surface area contributed by atoms with Crippen molar-refractivity contribution >= 4 is 28.9 Å². The Bertz CT molecular complexity index is 503. The molecule has 0 aromatic heterocycles. The molecule has 0 saturated carbocycles. The first-order valence-electron chi connectivity index (χ1n) is 11.4. The molecule has 2 atom stereocenters. The van der Waals surface area contributed by atoms with Crippen molar-refractivity contribution in [2.75, 3.05) is 29.7 Å². The molecule has 0 bridgehead atoms. The lowest BCUT2D eigenvalue weighted by Gasteiger charge is -2.30. The van der Waals surface area contributed by atoms with Crippen LogP contribution in [0.1, 0.15) is 76.7 Å². The Morgan fingerprint density at radius 3 is 1.76 bits per heavy atom. The molecule has 0 spiro atoms. The lowest BCUT2D eigenvalue weighted by Crippen LogP contribution is -2.39. The summed E-state index contributed by atoms with van der Waals surface area (Å²) in [6.45, 7) is 3.05. The molecule has 0 aliphatic carbocycles. The van der Waals surface area contributed by atoms with Crippen molar-refractivity contribution in [1.82, 2.24) is 0 Å². The maximum absolute atomic E-state index is 10.0. The predicted octanol–water partition coefficient (Wildman–Crippen LogP) is 6.16. The van der Waals surface area contributed by atoms with Gasteiger partial charge in [-0.2, -0.15) is 0 Å². The second-order valence-corrected chi connectivity index (χ2v) is 8.70. The van der Waals surface area contributed by atoms with Crippen LogP contribution in [0.3, 0.4) is 0 Å². The minimum atomic E-state index is -0.635. The molecule has 0 saturated heterocycles. The fourth-order valence-electron chi connectivity index (χ4n) is 3.71. The summed E-state index contributed by atoms with van der Waals surface area (Å²) in [5.74, 6) is 0.349. The maximum Gasteiger partial charge on any atom is 0.0850 e. The highest BCUT2D eigenvalue weighted by molar-refractivity contribution is 6.18. The highest BCUT2D eigenvalue weighted by atomic mass is 35.5. The largest absolute Gasteiger partial charge is 0.390 e. The number of aliphatic hydroxyl groups excluding tert-OH is 2. The van der Waals surface area contributed by atoms with Crippen molar-refractivity contribution in [3.63, 3.8) is 0 Å². The average Bonchev–Trinajstić information content (AvgIpc) is 2.74. The monoisotopic (exact) mass is 445 g/mol. The van der Waals surface area contributed by atoms with Gasteiger partial charge in [0.2, 0.25) is 0 Å². The Morgan fingerprint density at radius 2 is 1.24 bits per heavy atom. The number of rotatable bonds is 18. The maximum atomic E-state index is 10.0. The van der Waals surface area contributed by atoms with Crippen LogP contribution in [0.2, 0.25) is 0 Å². The molecule has 0 fully saturated rings. The van der Waals surface area contributed by atoms with Gasteiger partial charge in [-0.15, -0.1) is 23.2 Å². The highest BCUT2D eigenvalue weighted by Gasteiger charge is 2.18. The molecule has 0 amide bonds. The Morgan fingerprint density at radius 1 is 0.759 bits per heavy atom. The zero-order valence-electron chi connectivity index (χ0n) is 18.2. The van der Waals surface area contributed by atoms with Gasteiger partial charge in [0.15, 0.2) is 0 Å². The Labute approximate surface area is 188 Å². The standard InChI is InChI=1S/C24H41Cl2NO2/c1-2-3-4-5-6-7-8-9-10-11-14-21-15-12-13-16-24(21)27(19-22(28)17-25)20-23(29)18-26/h12-13,15-16,22-23,28-29H,2-11,14,17-20H2,1H3. The van der Waals surface area contributed by atoms with Gasteiger partial charge in [-0.25, -0.2) is 0 Å². The number of hydrogen-bond acceptors (Lipinski definition) is 3. The zero-order chi connectivity index (χ0) is 21.3. The molecule has 29 heavy (non-hydrogen) atoms. The first kappa shape index (κ1) is 26.6. The van der Waals surface area contributed by atoms with E-state index in [4.69, 9.17) is 23.2 Å². The summed E-state index contributed by atoms with van der Waals surface area (Å²) in [6.07, 6.45) is 13.0. The number of benzene rings is 1. The SMILES string of the molecule is CCCCCCCCCCCCc1ccccc1N(CC(O)CCl)CC(O)CCl. The van der Waals surface area contributed by atoms with E-state index in [1.165, 1.54) is 63.4 Å². The molecule has 1 aromatic rings. The fraction of sp³-hybridized carbons (Fsp3) is 0.750. The van der Waals surface area contributed by atoms with Crippen LogP contribution < -0.4 is 4.90 Å². The molecule has 1 rings (SSSR count). The highest BCUT2D eigenvalue weighted by Crippen LogP contribution is 2.24. The second kappa shape index (κ2) is 17.2. The van der Waals surface area contributed by atoms with Gasteiger partial charge in [0.05, 0.1) is 24.0 Å². The third-order valence-electron chi connectivity index (χ3n) is 5.35. The molecule has 0 aliphatic rings. The van der Waals surface area contributed by atoms with Crippen molar-refractivity contribution < 1.29 is 10.2 Å². The summed E-state index contributed by atoms with van der Waals surface area (Å²) in [4.78, 5) is 2.02. The average molecular weight is 447 g/mol. The third kappa shape index (κ3) is 12.1. The van der Waals surface area contributed by atoms with Crippen LogP contribution >= 0.6 is 23.2 Å². The Kier molecular flexibility index (Phi) is 15.8. The molecule has 2 unspecified atom stereocenters. The number of nitrogens with zero attached hydrogens (tertiary/aromatic N) is 1. The quantitative estimate of drug-likeness (QED) is 0.210. The molecule has 3 nitrogen and oxygen atoms in total. The molecule has 1 aromatic carbocycles. The van der Waals surface area contributed by atoms with Gasteiger partial charge < -0.3 is 15.1 Å². The number of anilines is 1. The molecular formula is C24H41Cl2NO2. The van der Waals surface area contributed by atoms with Gasteiger partial charge in [0.1, 0.15) is 0 Å². The summed E-state index contributed by atoms with van der Waals surface area (Å²) < 4.78 is 0. The summed E-state index contributed by atoms with van der Waals surface area (Å²) in [5, 5.41) is 20.1. The van der Waals surface area contributed by atoms with Crippen LogP contribution in [0.5, 0.6) is 0 Å². The Balaban J connectivity index is 2.47. The van der Waals surface area contributed by atoms with E-state index in [1.54, 1.807) is 0 Å². The lowest BCUT2D eigenvalue weighted by atomic mass is 10.0. The van der Waals surface area contributed by atoms with E-state index in [2.05, 4.69) is 25.1 Å². The van der Waals surface area contributed by atoms with Crippen LogP contribution in [-0.4, -0.2) is 47.3 Å². The van der Waals surface area contributed by atoms with Crippen molar-refractivity contribution in [2.45, 2.75) is 89.8 Å². The van der Waals surface area contributed by atoms with E-state index < -0.39 is 12.2 Å². The number of para-hydroxylation sites is 1. The Hall–Kier alpha value is -0.480. The second-order valence-electron chi connectivity index (χ2n) is 8.08. The molecule has 0 radical (unpaired) electrons. The van der Waals surface area contributed by atoms with Crippen molar-refractivity contribution in [3.8, 4) is 0 Å². The van der Waals surface area contributed by atoms with Gasteiger partial charge in [-0.05, 0) is 24.5 Å². The van der Waals surface area contributed by atoms with E-state index in [0.717, 1.165) is 18.5 Å². The zero-order valence-corrected chi connectivity index (χ0v) is 19.7. The number of unbranched alkanes of at least 4 members (excludes halogenated alkanes) is 9.